The quantitative estimate of drug-likeness (QED) is 0.617. The van der Waals surface area contributed by atoms with Crippen LogP contribution >= 0.6 is 0 Å². The van der Waals surface area contributed by atoms with Gasteiger partial charge in [-0.3, -0.25) is 4.79 Å². The Morgan fingerprint density at radius 3 is 2.35 bits per heavy atom. The summed E-state index contributed by atoms with van der Waals surface area (Å²) >= 11 is 0. The van der Waals surface area contributed by atoms with Crippen LogP contribution in [0.15, 0.2) is 0 Å². The van der Waals surface area contributed by atoms with E-state index in [9.17, 15) is 13.2 Å². The van der Waals surface area contributed by atoms with E-state index in [0.717, 1.165) is 12.8 Å². The molecule has 0 aromatic rings. The summed E-state index contributed by atoms with van der Waals surface area (Å²) in [5, 5.41) is 9.13. The summed E-state index contributed by atoms with van der Waals surface area (Å²) in [6.07, 6.45) is 1.49. The minimum absolute atomic E-state index is 0.115. The average Bonchev–Trinajstić information content (AvgIpc) is 2.97. The molecule has 100 valence electrons. The molecule has 0 aromatic heterocycles. The first kappa shape index (κ1) is 14.4. The zero-order valence-electron chi connectivity index (χ0n) is 10.4. The molecule has 0 spiro atoms. The fraction of sp³-hybridized carbons (Fsp3) is 0.900. The minimum Gasteiger partial charge on any atom is -0.480 e. The molecule has 0 aliphatic heterocycles. The first-order chi connectivity index (χ1) is 7.67. The van der Waals surface area contributed by atoms with Crippen LogP contribution in [0.1, 0.15) is 33.6 Å². The summed E-state index contributed by atoms with van der Waals surface area (Å²) in [4.78, 5) is 11.2. The number of aliphatic carboxylic acids is 1. The number of carboxylic acids is 1. The van der Waals surface area contributed by atoms with Gasteiger partial charge in [0.2, 0.25) is 0 Å². The SMILES string of the molecule is CC(C)CNS(=O)(=O)NC(C)(C(=O)O)C1CC1. The van der Waals surface area contributed by atoms with Crippen molar-refractivity contribution in [1.29, 1.82) is 0 Å². The zero-order chi connectivity index (χ0) is 13.3. The fourth-order valence-electron chi connectivity index (χ4n) is 1.55. The van der Waals surface area contributed by atoms with Gasteiger partial charge < -0.3 is 5.11 Å². The second-order valence-electron chi connectivity index (χ2n) is 5.13. The van der Waals surface area contributed by atoms with Gasteiger partial charge >= 0.3 is 5.97 Å². The maximum absolute atomic E-state index is 11.7. The smallest absolute Gasteiger partial charge is 0.324 e. The predicted molar refractivity (Wildman–Crippen MR) is 63.7 cm³/mol. The lowest BCUT2D eigenvalue weighted by atomic mass is 9.98. The summed E-state index contributed by atoms with van der Waals surface area (Å²) in [6, 6.07) is 0. The van der Waals surface area contributed by atoms with Crippen molar-refractivity contribution in [2.45, 2.75) is 39.2 Å². The monoisotopic (exact) mass is 264 g/mol. The Bertz CT molecular complexity index is 389. The second-order valence-corrected chi connectivity index (χ2v) is 6.63. The van der Waals surface area contributed by atoms with Gasteiger partial charge in [0.1, 0.15) is 5.54 Å². The molecule has 0 bridgehead atoms. The average molecular weight is 264 g/mol. The molecule has 0 heterocycles. The van der Waals surface area contributed by atoms with Crippen molar-refractivity contribution in [2.75, 3.05) is 6.54 Å². The highest BCUT2D eigenvalue weighted by Crippen LogP contribution is 2.40. The molecule has 1 atom stereocenters. The summed E-state index contributed by atoms with van der Waals surface area (Å²) in [5.74, 6) is -1.07. The molecule has 1 unspecified atom stereocenters. The highest BCUT2D eigenvalue weighted by atomic mass is 32.2. The Morgan fingerprint density at radius 1 is 1.47 bits per heavy atom. The molecule has 7 heteroatoms. The molecule has 1 aliphatic rings. The maximum atomic E-state index is 11.7. The summed E-state index contributed by atoms with van der Waals surface area (Å²) in [6.45, 7) is 5.46. The van der Waals surface area contributed by atoms with E-state index in [4.69, 9.17) is 5.11 Å². The third-order valence-corrected chi connectivity index (χ3v) is 4.11. The van der Waals surface area contributed by atoms with Crippen molar-refractivity contribution in [2.24, 2.45) is 11.8 Å². The highest BCUT2D eigenvalue weighted by Gasteiger charge is 2.49. The normalized spacial score (nSPS) is 20.2. The molecule has 17 heavy (non-hydrogen) atoms. The lowest BCUT2D eigenvalue weighted by Gasteiger charge is -2.26. The number of nitrogens with one attached hydrogen (secondary N) is 2. The van der Waals surface area contributed by atoms with Crippen LogP contribution in [-0.4, -0.2) is 31.6 Å². The predicted octanol–water partition coefficient (Wildman–Crippen LogP) is 0.320. The molecule has 6 nitrogen and oxygen atoms in total. The summed E-state index contributed by atoms with van der Waals surface area (Å²) < 4.78 is 28.0. The Hall–Kier alpha value is -0.660. The van der Waals surface area contributed by atoms with Crippen molar-refractivity contribution in [3.8, 4) is 0 Å². The Kier molecular flexibility index (Phi) is 4.16. The molecule has 0 radical (unpaired) electrons. The minimum atomic E-state index is -3.77. The van der Waals surface area contributed by atoms with Crippen LogP contribution in [0.4, 0.5) is 0 Å². The fourth-order valence-corrected chi connectivity index (χ4v) is 2.99. The van der Waals surface area contributed by atoms with Gasteiger partial charge in [-0.1, -0.05) is 13.8 Å². The van der Waals surface area contributed by atoms with Gasteiger partial charge in [0.05, 0.1) is 0 Å². The number of hydrogen-bond acceptors (Lipinski definition) is 3. The number of carboxylic acid groups (broad SMARTS) is 1. The largest absolute Gasteiger partial charge is 0.480 e. The van der Waals surface area contributed by atoms with Crippen LogP contribution in [0.2, 0.25) is 0 Å². The molecule has 1 saturated carbocycles. The molecule has 1 fully saturated rings. The van der Waals surface area contributed by atoms with Gasteiger partial charge in [-0.25, -0.2) is 4.72 Å². The van der Waals surface area contributed by atoms with Crippen LogP contribution in [0.25, 0.3) is 0 Å². The van der Waals surface area contributed by atoms with Gasteiger partial charge in [0, 0.05) is 6.54 Å². The van der Waals surface area contributed by atoms with Crippen molar-refractivity contribution in [1.82, 2.24) is 9.44 Å². The highest BCUT2D eigenvalue weighted by molar-refractivity contribution is 7.87. The molecule has 1 aliphatic carbocycles. The van der Waals surface area contributed by atoms with E-state index in [-0.39, 0.29) is 18.4 Å². The van der Waals surface area contributed by atoms with Gasteiger partial charge in [-0.15, -0.1) is 0 Å². The van der Waals surface area contributed by atoms with E-state index < -0.39 is 21.7 Å². The van der Waals surface area contributed by atoms with Gasteiger partial charge in [0.15, 0.2) is 0 Å². The lowest BCUT2D eigenvalue weighted by molar-refractivity contribution is -0.144. The number of hydrogen-bond donors (Lipinski definition) is 3. The van der Waals surface area contributed by atoms with E-state index >= 15 is 0 Å². The summed E-state index contributed by atoms with van der Waals surface area (Å²) in [5.41, 5.74) is -1.40. The number of rotatable bonds is 7. The van der Waals surface area contributed by atoms with E-state index in [1.807, 2.05) is 13.8 Å². The first-order valence-electron chi connectivity index (χ1n) is 5.69. The van der Waals surface area contributed by atoms with Crippen molar-refractivity contribution in [3.05, 3.63) is 0 Å². The van der Waals surface area contributed by atoms with Gasteiger partial charge in [-0.2, -0.15) is 13.1 Å². The van der Waals surface area contributed by atoms with Crippen molar-refractivity contribution in [3.63, 3.8) is 0 Å². The van der Waals surface area contributed by atoms with Crippen LogP contribution in [-0.2, 0) is 15.0 Å². The molecular weight excluding hydrogens is 244 g/mol. The molecule has 3 N–H and O–H groups in total. The van der Waals surface area contributed by atoms with Crippen LogP contribution in [0.5, 0.6) is 0 Å². The topological polar surface area (TPSA) is 95.5 Å². The Balaban J connectivity index is 2.70. The first-order valence-corrected chi connectivity index (χ1v) is 7.17. The third-order valence-electron chi connectivity index (χ3n) is 2.87. The van der Waals surface area contributed by atoms with Gasteiger partial charge in [0.25, 0.3) is 10.2 Å². The van der Waals surface area contributed by atoms with E-state index in [0.29, 0.717) is 0 Å². The summed E-state index contributed by atoms with van der Waals surface area (Å²) in [7, 11) is -3.77. The van der Waals surface area contributed by atoms with Crippen LogP contribution < -0.4 is 9.44 Å². The van der Waals surface area contributed by atoms with Crippen molar-refractivity contribution >= 4 is 16.2 Å². The van der Waals surface area contributed by atoms with E-state index in [2.05, 4.69) is 9.44 Å². The molecule has 0 aromatic carbocycles. The lowest BCUT2D eigenvalue weighted by Crippen LogP contribution is -2.57. The Labute approximate surface area is 102 Å². The molecule has 0 saturated heterocycles. The number of carbonyl (C=O) groups is 1. The van der Waals surface area contributed by atoms with Crippen LogP contribution in [0.3, 0.4) is 0 Å². The second kappa shape index (κ2) is 4.91. The third kappa shape index (κ3) is 3.93. The standard InChI is InChI=1S/C10H20N2O4S/c1-7(2)6-11-17(15,16)12-10(3,9(13)14)8-4-5-8/h7-8,11-12H,4-6H2,1-3H3,(H,13,14). The zero-order valence-corrected chi connectivity index (χ0v) is 11.2. The van der Waals surface area contributed by atoms with Crippen LogP contribution in [0, 0.1) is 11.8 Å². The van der Waals surface area contributed by atoms with Crippen molar-refractivity contribution < 1.29 is 18.3 Å². The molecular formula is C10H20N2O4S. The van der Waals surface area contributed by atoms with Gasteiger partial charge in [-0.05, 0) is 31.6 Å². The van der Waals surface area contributed by atoms with E-state index in [1.54, 1.807) is 0 Å². The maximum Gasteiger partial charge on any atom is 0.324 e. The molecule has 1 rings (SSSR count). The Morgan fingerprint density at radius 2 is 2.00 bits per heavy atom. The molecule has 0 amide bonds. The van der Waals surface area contributed by atoms with E-state index in [1.165, 1.54) is 6.92 Å².